The molecule has 2 aromatic carbocycles. The monoisotopic (exact) mass is 211 g/mol. The molecule has 0 atom stereocenters. The van der Waals surface area contributed by atoms with Crippen molar-refractivity contribution in [1.29, 1.82) is 0 Å². The highest BCUT2D eigenvalue weighted by molar-refractivity contribution is 5.85. The van der Waals surface area contributed by atoms with E-state index in [0.29, 0.717) is 0 Å². The highest BCUT2D eigenvalue weighted by Crippen LogP contribution is 2.37. The molecule has 0 amide bonds. The van der Waals surface area contributed by atoms with Crippen LogP contribution in [-0.4, -0.2) is 5.54 Å². The molecular weight excluding hydrogens is 194 g/mol. The van der Waals surface area contributed by atoms with Crippen LogP contribution in [0.3, 0.4) is 0 Å². The molecule has 0 radical (unpaired) electrons. The third-order valence-electron chi connectivity index (χ3n) is 3.66. The van der Waals surface area contributed by atoms with Crippen LogP contribution in [0.1, 0.15) is 24.8 Å². The largest absolute Gasteiger partial charge is 0.325 e. The highest BCUT2D eigenvalue weighted by Gasteiger charge is 2.37. The highest BCUT2D eigenvalue weighted by atomic mass is 14.8. The predicted molar refractivity (Wildman–Crippen MR) is 68.4 cm³/mol. The Morgan fingerprint density at radius 1 is 1.00 bits per heavy atom. The summed E-state index contributed by atoms with van der Waals surface area (Å²) in [6, 6.07) is 15.1. The van der Waals surface area contributed by atoms with E-state index in [9.17, 15) is 0 Å². The van der Waals surface area contributed by atoms with Gasteiger partial charge in [-0.1, -0.05) is 42.5 Å². The molecule has 0 aliphatic heterocycles. The van der Waals surface area contributed by atoms with Crippen LogP contribution in [0.4, 0.5) is 0 Å². The van der Waals surface area contributed by atoms with Crippen LogP contribution >= 0.6 is 0 Å². The Kier molecular flexibility index (Phi) is 2.22. The summed E-state index contributed by atoms with van der Waals surface area (Å²) in [6.07, 6.45) is 4.65. The molecule has 0 unspecified atom stereocenters. The summed E-state index contributed by atoms with van der Waals surface area (Å²) >= 11 is 0. The van der Waals surface area contributed by atoms with Gasteiger partial charge < -0.3 is 5.73 Å². The number of benzene rings is 2. The van der Waals surface area contributed by atoms with Gasteiger partial charge in [-0.05, 0) is 42.0 Å². The van der Waals surface area contributed by atoms with Crippen molar-refractivity contribution in [2.45, 2.75) is 31.2 Å². The molecule has 2 N–H and O–H groups in total. The van der Waals surface area contributed by atoms with Gasteiger partial charge in [-0.3, -0.25) is 0 Å². The minimum absolute atomic E-state index is 0.164. The summed E-state index contributed by atoms with van der Waals surface area (Å²) in [4.78, 5) is 0. The van der Waals surface area contributed by atoms with E-state index in [1.54, 1.807) is 0 Å². The molecule has 0 aromatic heterocycles. The fourth-order valence-electron chi connectivity index (χ4n) is 2.30. The third kappa shape index (κ3) is 1.83. The van der Waals surface area contributed by atoms with Crippen molar-refractivity contribution >= 4 is 10.8 Å². The van der Waals surface area contributed by atoms with E-state index in [1.807, 2.05) is 0 Å². The van der Waals surface area contributed by atoms with Crippen molar-refractivity contribution in [1.82, 2.24) is 0 Å². The minimum Gasteiger partial charge on any atom is -0.325 e. The molecule has 0 heterocycles. The SMILES string of the molecule is NC1(CCc2cccc3ccccc23)CC1. The van der Waals surface area contributed by atoms with Gasteiger partial charge in [0.2, 0.25) is 0 Å². The van der Waals surface area contributed by atoms with Crippen molar-refractivity contribution in [2.24, 2.45) is 5.73 Å². The number of rotatable bonds is 3. The lowest BCUT2D eigenvalue weighted by molar-refractivity contribution is 0.610. The van der Waals surface area contributed by atoms with Crippen LogP contribution in [0.2, 0.25) is 0 Å². The normalized spacial score (nSPS) is 17.6. The lowest BCUT2D eigenvalue weighted by Gasteiger charge is -2.10. The molecule has 1 aliphatic rings. The molecule has 1 aliphatic carbocycles. The lowest BCUT2D eigenvalue weighted by Crippen LogP contribution is -2.22. The second-order valence-corrected chi connectivity index (χ2v) is 5.00. The van der Waals surface area contributed by atoms with Crippen molar-refractivity contribution in [3.63, 3.8) is 0 Å². The topological polar surface area (TPSA) is 26.0 Å². The number of nitrogens with two attached hydrogens (primary N) is 1. The summed E-state index contributed by atoms with van der Waals surface area (Å²) in [5.41, 5.74) is 7.74. The Morgan fingerprint density at radius 2 is 1.75 bits per heavy atom. The Labute approximate surface area is 96.3 Å². The maximum absolute atomic E-state index is 6.14. The van der Waals surface area contributed by atoms with Crippen LogP contribution in [0.15, 0.2) is 42.5 Å². The van der Waals surface area contributed by atoms with Crippen molar-refractivity contribution in [2.75, 3.05) is 0 Å². The fourth-order valence-corrected chi connectivity index (χ4v) is 2.30. The second-order valence-electron chi connectivity index (χ2n) is 5.00. The zero-order valence-electron chi connectivity index (χ0n) is 9.45. The number of aryl methyl sites for hydroxylation is 1. The smallest absolute Gasteiger partial charge is 0.0158 e. The second kappa shape index (κ2) is 3.60. The van der Waals surface area contributed by atoms with Gasteiger partial charge in [-0.2, -0.15) is 0 Å². The van der Waals surface area contributed by atoms with Gasteiger partial charge >= 0.3 is 0 Å². The first-order valence-corrected chi connectivity index (χ1v) is 6.02. The van der Waals surface area contributed by atoms with Gasteiger partial charge in [0, 0.05) is 5.54 Å². The van der Waals surface area contributed by atoms with E-state index in [1.165, 1.54) is 29.2 Å². The Balaban J connectivity index is 1.90. The van der Waals surface area contributed by atoms with Crippen molar-refractivity contribution in [3.05, 3.63) is 48.0 Å². The third-order valence-corrected chi connectivity index (χ3v) is 3.66. The van der Waals surface area contributed by atoms with E-state index >= 15 is 0 Å². The van der Waals surface area contributed by atoms with Crippen LogP contribution in [0.25, 0.3) is 10.8 Å². The first-order chi connectivity index (χ1) is 7.77. The van der Waals surface area contributed by atoms with Gasteiger partial charge in [0.05, 0.1) is 0 Å². The standard InChI is InChI=1S/C15H17N/c16-15(10-11-15)9-8-13-6-3-5-12-4-1-2-7-14(12)13/h1-7H,8-11,16H2. The van der Waals surface area contributed by atoms with Crippen molar-refractivity contribution in [3.8, 4) is 0 Å². The first kappa shape index (κ1) is 9.86. The van der Waals surface area contributed by atoms with Crippen LogP contribution in [-0.2, 0) is 6.42 Å². The predicted octanol–water partition coefficient (Wildman–Crippen LogP) is 3.26. The van der Waals surface area contributed by atoms with Crippen molar-refractivity contribution < 1.29 is 0 Å². The number of hydrogen-bond donors (Lipinski definition) is 1. The molecule has 0 bridgehead atoms. The summed E-state index contributed by atoms with van der Waals surface area (Å²) in [5.74, 6) is 0. The zero-order chi connectivity index (χ0) is 11.0. The number of fused-ring (bicyclic) bond motifs is 1. The molecule has 1 nitrogen and oxygen atoms in total. The Bertz CT molecular complexity index is 506. The summed E-state index contributed by atoms with van der Waals surface area (Å²) < 4.78 is 0. The van der Waals surface area contributed by atoms with E-state index < -0.39 is 0 Å². The van der Waals surface area contributed by atoms with Gasteiger partial charge in [-0.15, -0.1) is 0 Å². The lowest BCUT2D eigenvalue weighted by atomic mass is 9.98. The van der Waals surface area contributed by atoms with Gasteiger partial charge in [0.15, 0.2) is 0 Å². The van der Waals surface area contributed by atoms with E-state index in [4.69, 9.17) is 5.73 Å². The molecule has 16 heavy (non-hydrogen) atoms. The van der Waals surface area contributed by atoms with Gasteiger partial charge in [0.25, 0.3) is 0 Å². The molecule has 2 aromatic rings. The quantitative estimate of drug-likeness (QED) is 0.828. The fraction of sp³-hybridized carbons (Fsp3) is 0.333. The Hall–Kier alpha value is -1.34. The molecule has 0 spiro atoms. The van der Waals surface area contributed by atoms with E-state index in [-0.39, 0.29) is 5.54 Å². The molecule has 1 heteroatoms. The minimum atomic E-state index is 0.164. The van der Waals surface area contributed by atoms with E-state index in [2.05, 4.69) is 42.5 Å². The summed E-state index contributed by atoms with van der Waals surface area (Å²) in [5, 5.41) is 2.72. The average molecular weight is 211 g/mol. The summed E-state index contributed by atoms with van der Waals surface area (Å²) in [6.45, 7) is 0. The molecular formula is C15H17N. The van der Waals surface area contributed by atoms with Gasteiger partial charge in [0.1, 0.15) is 0 Å². The zero-order valence-corrected chi connectivity index (χ0v) is 9.45. The average Bonchev–Trinajstić information content (AvgIpc) is 3.05. The van der Waals surface area contributed by atoms with Crippen LogP contribution in [0.5, 0.6) is 0 Å². The first-order valence-electron chi connectivity index (χ1n) is 6.02. The Morgan fingerprint density at radius 3 is 2.56 bits per heavy atom. The summed E-state index contributed by atoms with van der Waals surface area (Å²) in [7, 11) is 0. The van der Waals surface area contributed by atoms with E-state index in [0.717, 1.165) is 12.8 Å². The molecule has 3 rings (SSSR count). The molecule has 0 saturated heterocycles. The molecule has 1 saturated carbocycles. The molecule has 82 valence electrons. The number of hydrogen-bond acceptors (Lipinski definition) is 1. The maximum Gasteiger partial charge on any atom is 0.0158 e. The van der Waals surface area contributed by atoms with Crippen LogP contribution < -0.4 is 5.73 Å². The van der Waals surface area contributed by atoms with Crippen LogP contribution in [0, 0.1) is 0 Å². The van der Waals surface area contributed by atoms with Gasteiger partial charge in [-0.25, -0.2) is 0 Å². The molecule has 1 fully saturated rings. The maximum atomic E-state index is 6.14.